The number of hydrogen-bond donors (Lipinski definition) is 1. The SMILES string of the molecule is Cc1ccc(-c2nnc(SCCCCC(=O)NCCN(C)C)n2-c2ccccc2)cc1. The van der Waals surface area contributed by atoms with Gasteiger partial charge in [-0.3, -0.25) is 9.36 Å². The maximum atomic E-state index is 11.9. The van der Waals surface area contributed by atoms with Gasteiger partial charge in [-0.05, 0) is 46.0 Å². The number of thioether (sulfide) groups is 1. The Labute approximate surface area is 189 Å². The van der Waals surface area contributed by atoms with Gasteiger partial charge in [-0.15, -0.1) is 10.2 Å². The first-order valence-electron chi connectivity index (χ1n) is 10.7. The summed E-state index contributed by atoms with van der Waals surface area (Å²) in [6.45, 7) is 3.64. The van der Waals surface area contributed by atoms with E-state index in [-0.39, 0.29) is 5.91 Å². The first-order chi connectivity index (χ1) is 15.0. The van der Waals surface area contributed by atoms with Gasteiger partial charge in [0.2, 0.25) is 5.91 Å². The van der Waals surface area contributed by atoms with Gasteiger partial charge in [0.1, 0.15) is 0 Å². The first-order valence-corrected chi connectivity index (χ1v) is 11.7. The number of carbonyl (C=O) groups excluding carboxylic acids is 1. The summed E-state index contributed by atoms with van der Waals surface area (Å²) in [6.07, 6.45) is 2.38. The van der Waals surface area contributed by atoms with E-state index in [4.69, 9.17) is 0 Å². The summed E-state index contributed by atoms with van der Waals surface area (Å²) < 4.78 is 2.11. The van der Waals surface area contributed by atoms with Crippen molar-refractivity contribution in [3.8, 4) is 17.1 Å². The number of aromatic nitrogens is 3. The second-order valence-corrected chi connectivity index (χ2v) is 8.86. The zero-order chi connectivity index (χ0) is 22.1. The molecule has 0 aliphatic carbocycles. The minimum Gasteiger partial charge on any atom is -0.355 e. The summed E-state index contributed by atoms with van der Waals surface area (Å²) in [5.41, 5.74) is 3.31. The standard InChI is InChI=1S/C24H31N5OS/c1-19-12-14-20(15-13-19)23-26-27-24(29(23)21-9-5-4-6-10-21)31-18-8-7-11-22(30)25-16-17-28(2)3/h4-6,9-10,12-15H,7-8,11,16-18H2,1-3H3,(H,25,30). The number of benzene rings is 2. The van der Waals surface area contributed by atoms with Crippen molar-refractivity contribution in [3.63, 3.8) is 0 Å². The third-order valence-electron chi connectivity index (χ3n) is 4.87. The highest BCUT2D eigenvalue weighted by molar-refractivity contribution is 7.99. The first kappa shape index (κ1) is 23.0. The van der Waals surface area contributed by atoms with Gasteiger partial charge >= 0.3 is 0 Å². The van der Waals surface area contributed by atoms with Crippen LogP contribution < -0.4 is 5.32 Å². The van der Waals surface area contributed by atoms with Gasteiger partial charge in [-0.25, -0.2) is 0 Å². The van der Waals surface area contributed by atoms with Crippen molar-refractivity contribution in [2.75, 3.05) is 32.9 Å². The van der Waals surface area contributed by atoms with Crippen LogP contribution in [0.4, 0.5) is 0 Å². The predicted octanol–water partition coefficient (Wildman–Crippen LogP) is 4.18. The number of likely N-dealkylation sites (N-methyl/N-ethyl adjacent to an activating group) is 1. The molecule has 0 fully saturated rings. The lowest BCUT2D eigenvalue weighted by Gasteiger charge is -2.11. The normalized spacial score (nSPS) is 11.1. The third-order valence-corrected chi connectivity index (χ3v) is 5.88. The molecule has 164 valence electrons. The highest BCUT2D eigenvalue weighted by Gasteiger charge is 2.16. The van der Waals surface area contributed by atoms with E-state index in [0.29, 0.717) is 13.0 Å². The van der Waals surface area contributed by atoms with Crippen molar-refractivity contribution < 1.29 is 4.79 Å². The molecule has 0 spiro atoms. The number of aryl methyl sites for hydroxylation is 1. The molecule has 0 aliphatic rings. The number of amides is 1. The molecule has 31 heavy (non-hydrogen) atoms. The molecule has 0 aliphatic heterocycles. The Hall–Kier alpha value is -2.64. The summed E-state index contributed by atoms with van der Waals surface area (Å²) in [5.74, 6) is 1.86. The Morgan fingerprint density at radius 1 is 1.03 bits per heavy atom. The Bertz CT molecular complexity index is 954. The van der Waals surface area contributed by atoms with Crippen LogP contribution in [-0.2, 0) is 4.79 Å². The van der Waals surface area contributed by atoms with Gasteiger partial charge in [0, 0.05) is 36.5 Å². The molecular weight excluding hydrogens is 406 g/mol. The molecule has 0 saturated carbocycles. The lowest BCUT2D eigenvalue weighted by atomic mass is 10.1. The molecule has 2 aromatic carbocycles. The van der Waals surface area contributed by atoms with Gasteiger partial charge in [-0.2, -0.15) is 0 Å². The van der Waals surface area contributed by atoms with Crippen LogP contribution in [0.1, 0.15) is 24.8 Å². The van der Waals surface area contributed by atoms with Crippen LogP contribution in [0.2, 0.25) is 0 Å². The molecule has 0 bridgehead atoms. The molecule has 7 heteroatoms. The van der Waals surface area contributed by atoms with E-state index in [1.807, 2.05) is 32.3 Å². The van der Waals surface area contributed by atoms with E-state index in [1.54, 1.807) is 11.8 Å². The number of unbranched alkanes of at least 4 members (excludes halogenated alkanes) is 1. The average molecular weight is 438 g/mol. The Balaban J connectivity index is 1.60. The molecule has 1 aromatic heterocycles. The molecule has 0 unspecified atom stereocenters. The number of carbonyl (C=O) groups is 1. The van der Waals surface area contributed by atoms with Crippen molar-refractivity contribution in [1.29, 1.82) is 0 Å². The van der Waals surface area contributed by atoms with Gasteiger partial charge in [0.15, 0.2) is 11.0 Å². The zero-order valence-corrected chi connectivity index (χ0v) is 19.4. The van der Waals surface area contributed by atoms with Crippen LogP contribution in [0.5, 0.6) is 0 Å². The molecule has 0 saturated heterocycles. The van der Waals surface area contributed by atoms with Crippen LogP contribution >= 0.6 is 11.8 Å². The Morgan fingerprint density at radius 3 is 2.48 bits per heavy atom. The highest BCUT2D eigenvalue weighted by Crippen LogP contribution is 2.28. The number of nitrogens with one attached hydrogen (secondary N) is 1. The monoisotopic (exact) mass is 437 g/mol. The fourth-order valence-corrected chi connectivity index (χ4v) is 4.07. The number of rotatable bonds is 11. The topological polar surface area (TPSA) is 63.1 Å². The van der Waals surface area contributed by atoms with Gasteiger partial charge in [0.25, 0.3) is 0 Å². The van der Waals surface area contributed by atoms with Crippen LogP contribution in [0.15, 0.2) is 59.8 Å². The summed E-state index contributed by atoms with van der Waals surface area (Å²) in [5, 5.41) is 12.8. The average Bonchev–Trinajstić information content (AvgIpc) is 3.18. The lowest BCUT2D eigenvalue weighted by Crippen LogP contribution is -2.31. The maximum Gasteiger partial charge on any atom is 0.220 e. The number of para-hydroxylation sites is 1. The van der Waals surface area contributed by atoms with E-state index in [1.165, 1.54) is 5.56 Å². The molecule has 1 N–H and O–H groups in total. The maximum absolute atomic E-state index is 11.9. The van der Waals surface area contributed by atoms with Crippen LogP contribution in [0.3, 0.4) is 0 Å². The second kappa shape index (κ2) is 11.7. The smallest absolute Gasteiger partial charge is 0.220 e. The molecule has 0 radical (unpaired) electrons. The fourth-order valence-electron chi connectivity index (χ4n) is 3.12. The van der Waals surface area contributed by atoms with E-state index >= 15 is 0 Å². The Morgan fingerprint density at radius 2 is 1.77 bits per heavy atom. The van der Waals surface area contributed by atoms with E-state index in [9.17, 15) is 4.79 Å². The predicted molar refractivity (Wildman–Crippen MR) is 128 cm³/mol. The van der Waals surface area contributed by atoms with Crippen LogP contribution in [-0.4, -0.2) is 58.5 Å². The van der Waals surface area contributed by atoms with Gasteiger partial charge in [0.05, 0.1) is 0 Å². The van der Waals surface area contributed by atoms with Crippen molar-refractivity contribution in [3.05, 3.63) is 60.2 Å². The number of hydrogen-bond acceptors (Lipinski definition) is 5. The van der Waals surface area contributed by atoms with Crippen molar-refractivity contribution >= 4 is 17.7 Å². The molecule has 1 heterocycles. The molecule has 3 aromatic rings. The minimum absolute atomic E-state index is 0.126. The molecule has 1 amide bonds. The summed E-state index contributed by atoms with van der Waals surface area (Å²) in [7, 11) is 4.00. The van der Waals surface area contributed by atoms with Gasteiger partial charge < -0.3 is 10.2 Å². The molecule has 3 rings (SSSR count). The highest BCUT2D eigenvalue weighted by atomic mass is 32.2. The van der Waals surface area contributed by atoms with Crippen molar-refractivity contribution in [2.45, 2.75) is 31.3 Å². The summed E-state index contributed by atoms with van der Waals surface area (Å²) in [4.78, 5) is 14.0. The van der Waals surface area contributed by atoms with Gasteiger partial charge in [-0.1, -0.05) is 59.8 Å². The number of nitrogens with zero attached hydrogens (tertiary/aromatic N) is 4. The summed E-state index contributed by atoms with van der Waals surface area (Å²) >= 11 is 1.68. The summed E-state index contributed by atoms with van der Waals surface area (Å²) in [6, 6.07) is 18.6. The Kier molecular flexibility index (Phi) is 8.67. The molecular formula is C24H31N5OS. The van der Waals surface area contributed by atoms with Crippen LogP contribution in [0, 0.1) is 6.92 Å². The quantitative estimate of drug-likeness (QED) is 0.360. The van der Waals surface area contributed by atoms with Crippen molar-refractivity contribution in [1.82, 2.24) is 25.0 Å². The largest absolute Gasteiger partial charge is 0.355 e. The lowest BCUT2D eigenvalue weighted by molar-refractivity contribution is -0.121. The zero-order valence-electron chi connectivity index (χ0n) is 18.5. The fraction of sp³-hybridized carbons (Fsp3) is 0.375. The van der Waals surface area contributed by atoms with E-state index < -0.39 is 0 Å². The van der Waals surface area contributed by atoms with E-state index in [2.05, 4.69) is 68.3 Å². The second-order valence-electron chi connectivity index (χ2n) is 7.80. The van der Waals surface area contributed by atoms with E-state index in [0.717, 1.165) is 47.4 Å². The molecule has 6 nitrogen and oxygen atoms in total. The van der Waals surface area contributed by atoms with Crippen molar-refractivity contribution in [2.24, 2.45) is 0 Å². The third kappa shape index (κ3) is 6.94. The minimum atomic E-state index is 0.126. The van der Waals surface area contributed by atoms with Crippen LogP contribution in [0.25, 0.3) is 17.1 Å². The molecule has 0 atom stereocenters.